The molecule has 1 aromatic rings. The van der Waals surface area contributed by atoms with E-state index in [4.69, 9.17) is 0 Å². The Hall–Kier alpha value is -1.000. The maximum absolute atomic E-state index is 11.8. The van der Waals surface area contributed by atoms with E-state index in [1.165, 1.54) is 40.2 Å². The zero-order valence-electron chi connectivity index (χ0n) is 10.9. The fourth-order valence-electron chi connectivity index (χ4n) is 2.03. The first-order valence-corrected chi connectivity index (χ1v) is 7.70. The summed E-state index contributed by atoms with van der Waals surface area (Å²) in [5.74, 6) is 0. The van der Waals surface area contributed by atoms with Gasteiger partial charge in [0.15, 0.2) is 0 Å². The lowest BCUT2D eigenvalue weighted by Gasteiger charge is -2.07. The smallest absolute Gasteiger partial charge is 0.244 e. The van der Waals surface area contributed by atoms with Crippen molar-refractivity contribution in [2.24, 2.45) is 4.99 Å². The number of rotatable bonds is 1. The second-order valence-electron chi connectivity index (χ2n) is 4.31. The van der Waals surface area contributed by atoms with Crippen LogP contribution in [0.3, 0.4) is 0 Å². The summed E-state index contributed by atoms with van der Waals surface area (Å²) >= 11 is 2.73. The van der Waals surface area contributed by atoms with Crippen molar-refractivity contribution in [2.75, 3.05) is 6.26 Å². The Labute approximate surface area is 116 Å². The van der Waals surface area contributed by atoms with E-state index in [-0.39, 0.29) is 5.12 Å². The number of thioether (sulfide) groups is 2. The van der Waals surface area contributed by atoms with Crippen LogP contribution in [0.4, 0.5) is 0 Å². The Bertz CT molecular complexity index is 550. The molecule has 2 rings (SSSR count). The van der Waals surface area contributed by atoms with Crippen LogP contribution in [-0.2, 0) is 4.79 Å². The molecule has 0 fully saturated rings. The summed E-state index contributed by atoms with van der Waals surface area (Å²) in [6.07, 6.45) is 3.84. The van der Waals surface area contributed by atoms with Crippen molar-refractivity contribution in [2.45, 2.75) is 20.8 Å². The Morgan fingerprint density at radius 2 is 1.83 bits per heavy atom. The highest BCUT2D eigenvalue weighted by Crippen LogP contribution is 2.31. The lowest BCUT2D eigenvalue weighted by molar-refractivity contribution is -0.107. The van der Waals surface area contributed by atoms with Gasteiger partial charge in [0.05, 0.1) is 0 Å². The summed E-state index contributed by atoms with van der Waals surface area (Å²) in [6, 6.07) is 4.26. The van der Waals surface area contributed by atoms with E-state index in [2.05, 4.69) is 37.9 Å². The van der Waals surface area contributed by atoms with Crippen molar-refractivity contribution in [3.8, 4) is 0 Å². The molecule has 0 radical (unpaired) electrons. The van der Waals surface area contributed by atoms with Gasteiger partial charge < -0.3 is 0 Å². The molecule has 1 aliphatic heterocycles. The van der Waals surface area contributed by atoms with Gasteiger partial charge in [0.25, 0.3) is 0 Å². The number of hydrogen-bond donors (Lipinski definition) is 0. The Morgan fingerprint density at radius 1 is 1.22 bits per heavy atom. The van der Waals surface area contributed by atoms with Gasteiger partial charge in [0, 0.05) is 0 Å². The highest BCUT2D eigenvalue weighted by atomic mass is 32.2. The van der Waals surface area contributed by atoms with E-state index in [1.54, 1.807) is 0 Å². The summed E-state index contributed by atoms with van der Waals surface area (Å²) in [5.41, 5.74) is 5.28. The van der Waals surface area contributed by atoms with E-state index in [9.17, 15) is 4.79 Å². The lowest BCUT2D eigenvalue weighted by Crippen LogP contribution is -1.92. The third kappa shape index (κ3) is 2.70. The lowest BCUT2D eigenvalue weighted by atomic mass is 9.99. The highest BCUT2D eigenvalue weighted by molar-refractivity contribution is 8.45. The molecule has 0 aliphatic carbocycles. The number of aliphatic imine (C=N–C) groups is 1. The molecule has 0 spiro atoms. The molecular formula is C14H15NOS2. The number of carbonyl (C=O) groups excluding carboxylic acids is 1. The number of hydrogen-bond acceptors (Lipinski definition) is 4. The maximum atomic E-state index is 11.8. The van der Waals surface area contributed by atoms with Gasteiger partial charge >= 0.3 is 0 Å². The van der Waals surface area contributed by atoms with E-state index in [1.807, 2.05) is 12.3 Å². The molecule has 0 aromatic heterocycles. The summed E-state index contributed by atoms with van der Waals surface area (Å²) in [4.78, 5) is 16.1. The van der Waals surface area contributed by atoms with Gasteiger partial charge in [-0.05, 0) is 61.6 Å². The summed E-state index contributed by atoms with van der Waals surface area (Å²) in [6.45, 7) is 6.22. The Balaban J connectivity index is 2.46. The van der Waals surface area contributed by atoms with Gasteiger partial charge in [-0.3, -0.25) is 4.79 Å². The number of benzene rings is 1. The summed E-state index contributed by atoms with van der Waals surface area (Å²) in [5, 5.41) is 0.0405. The zero-order valence-corrected chi connectivity index (χ0v) is 12.5. The molecule has 94 valence electrons. The van der Waals surface area contributed by atoms with Crippen molar-refractivity contribution < 1.29 is 4.79 Å². The molecule has 0 unspecified atom stereocenters. The third-order valence-electron chi connectivity index (χ3n) is 2.79. The third-order valence-corrected chi connectivity index (χ3v) is 4.65. The molecule has 0 saturated carbocycles. The molecule has 0 bridgehead atoms. The quantitative estimate of drug-likeness (QED) is 0.728. The maximum Gasteiger partial charge on any atom is 0.244 e. The fraction of sp³-hybridized carbons (Fsp3) is 0.286. The van der Waals surface area contributed by atoms with Gasteiger partial charge in [-0.15, -0.1) is 11.8 Å². The van der Waals surface area contributed by atoms with Crippen molar-refractivity contribution >= 4 is 39.1 Å². The summed E-state index contributed by atoms with van der Waals surface area (Å²) < 4.78 is 0.827. The monoisotopic (exact) mass is 277 g/mol. The van der Waals surface area contributed by atoms with Gasteiger partial charge in [0.1, 0.15) is 10.1 Å². The standard InChI is InChI=1S/C14H15NOS2/c1-8-5-9(2)11(10(3)6-8)7-12-13(16)18-14(15-12)17-4/h5-7H,1-4H3. The second kappa shape index (κ2) is 5.33. The molecular weight excluding hydrogens is 262 g/mol. The zero-order chi connectivity index (χ0) is 13.3. The second-order valence-corrected chi connectivity index (χ2v) is 6.33. The van der Waals surface area contributed by atoms with Crippen LogP contribution in [0.15, 0.2) is 22.8 Å². The number of nitrogens with zero attached hydrogens (tertiary/aromatic N) is 1. The first-order chi connectivity index (χ1) is 8.51. The predicted molar refractivity (Wildman–Crippen MR) is 82.2 cm³/mol. The van der Waals surface area contributed by atoms with Crippen LogP contribution in [0.5, 0.6) is 0 Å². The van der Waals surface area contributed by atoms with Crippen molar-refractivity contribution in [3.05, 3.63) is 40.1 Å². The minimum Gasteiger partial charge on any atom is -0.279 e. The topological polar surface area (TPSA) is 29.4 Å². The minimum atomic E-state index is 0.0405. The Morgan fingerprint density at radius 3 is 2.33 bits per heavy atom. The molecule has 2 nitrogen and oxygen atoms in total. The van der Waals surface area contributed by atoms with Crippen LogP contribution >= 0.6 is 23.5 Å². The normalized spacial score (nSPS) is 17.4. The molecule has 4 heteroatoms. The summed E-state index contributed by atoms with van der Waals surface area (Å²) in [7, 11) is 0. The molecule has 1 aromatic carbocycles. The predicted octanol–water partition coefficient (Wildman–Crippen LogP) is 3.95. The van der Waals surface area contributed by atoms with Gasteiger partial charge in [0.2, 0.25) is 5.12 Å². The molecule has 0 amide bonds. The van der Waals surface area contributed by atoms with Crippen LogP contribution in [0.25, 0.3) is 6.08 Å². The largest absolute Gasteiger partial charge is 0.279 e. The minimum absolute atomic E-state index is 0.0405. The molecule has 1 aliphatic rings. The van der Waals surface area contributed by atoms with E-state index >= 15 is 0 Å². The Kier molecular flexibility index (Phi) is 3.97. The molecule has 0 atom stereocenters. The molecule has 0 saturated heterocycles. The van der Waals surface area contributed by atoms with Crippen molar-refractivity contribution in [1.82, 2.24) is 0 Å². The average Bonchev–Trinajstić information content (AvgIpc) is 2.64. The molecule has 0 N–H and O–H groups in total. The van der Waals surface area contributed by atoms with Crippen molar-refractivity contribution in [1.29, 1.82) is 0 Å². The number of carbonyl (C=O) groups is 1. The SMILES string of the molecule is CSC1=NC(=Cc2c(C)cc(C)cc2C)C(=O)S1. The van der Waals surface area contributed by atoms with Gasteiger partial charge in [-0.25, -0.2) is 4.99 Å². The van der Waals surface area contributed by atoms with Crippen LogP contribution in [0, 0.1) is 20.8 Å². The average molecular weight is 277 g/mol. The highest BCUT2D eigenvalue weighted by Gasteiger charge is 2.21. The van der Waals surface area contributed by atoms with Crippen LogP contribution in [0.2, 0.25) is 0 Å². The fourth-order valence-corrected chi connectivity index (χ4v) is 3.29. The van der Waals surface area contributed by atoms with E-state index in [0.29, 0.717) is 5.70 Å². The van der Waals surface area contributed by atoms with E-state index < -0.39 is 0 Å². The van der Waals surface area contributed by atoms with E-state index in [0.717, 1.165) is 9.94 Å². The first kappa shape index (κ1) is 13.4. The number of aryl methyl sites for hydroxylation is 3. The van der Waals surface area contributed by atoms with Gasteiger partial charge in [-0.1, -0.05) is 17.7 Å². The van der Waals surface area contributed by atoms with Crippen molar-refractivity contribution in [3.63, 3.8) is 0 Å². The molecule has 18 heavy (non-hydrogen) atoms. The van der Waals surface area contributed by atoms with Crippen LogP contribution < -0.4 is 0 Å². The van der Waals surface area contributed by atoms with Crippen LogP contribution in [0.1, 0.15) is 22.3 Å². The molecule has 1 heterocycles. The van der Waals surface area contributed by atoms with Gasteiger partial charge in [-0.2, -0.15) is 0 Å². The van der Waals surface area contributed by atoms with Crippen LogP contribution in [-0.4, -0.2) is 15.7 Å². The first-order valence-electron chi connectivity index (χ1n) is 5.65.